The lowest BCUT2D eigenvalue weighted by Crippen LogP contribution is -2.18. The number of anilines is 1. The monoisotopic (exact) mass is 291 g/mol. The summed E-state index contributed by atoms with van der Waals surface area (Å²) in [7, 11) is 0. The minimum absolute atomic E-state index is 0.119. The standard InChI is InChI=1S/C15H18ClN3O/c1-2-3-4-12-5-7-13(8-6-12)18-14(20)11-19-10-9-17-15(19)16/h5-10H,2-4,11H2,1H3,(H,18,20). The number of benzene rings is 1. The minimum Gasteiger partial charge on any atom is -0.325 e. The van der Waals surface area contributed by atoms with Crippen LogP contribution in [0.3, 0.4) is 0 Å². The zero-order valence-corrected chi connectivity index (χ0v) is 12.2. The molecule has 5 heteroatoms. The summed E-state index contributed by atoms with van der Waals surface area (Å²) in [5.41, 5.74) is 2.09. The van der Waals surface area contributed by atoms with Crippen LogP contribution < -0.4 is 5.32 Å². The molecule has 0 bridgehead atoms. The summed E-state index contributed by atoms with van der Waals surface area (Å²) in [5, 5.41) is 3.16. The summed E-state index contributed by atoms with van der Waals surface area (Å²) in [4.78, 5) is 15.7. The Bertz CT molecular complexity index is 563. The van der Waals surface area contributed by atoms with Gasteiger partial charge in [0.15, 0.2) is 0 Å². The molecule has 0 saturated heterocycles. The molecule has 1 N–H and O–H groups in total. The fourth-order valence-corrected chi connectivity index (χ4v) is 2.09. The molecular formula is C15H18ClN3O. The van der Waals surface area contributed by atoms with Crippen LogP contribution in [-0.4, -0.2) is 15.5 Å². The molecule has 1 heterocycles. The van der Waals surface area contributed by atoms with Crippen LogP contribution in [-0.2, 0) is 17.8 Å². The maximum Gasteiger partial charge on any atom is 0.244 e. The number of unbranched alkanes of at least 4 members (excludes halogenated alkanes) is 1. The van der Waals surface area contributed by atoms with Crippen molar-refractivity contribution in [1.29, 1.82) is 0 Å². The van der Waals surface area contributed by atoms with Gasteiger partial charge in [-0.3, -0.25) is 4.79 Å². The number of hydrogen-bond donors (Lipinski definition) is 1. The fourth-order valence-electron chi connectivity index (χ4n) is 1.92. The van der Waals surface area contributed by atoms with Crippen molar-refractivity contribution in [2.45, 2.75) is 32.7 Å². The number of halogens is 1. The Labute approximate surface area is 123 Å². The first kappa shape index (κ1) is 14.6. The van der Waals surface area contributed by atoms with Gasteiger partial charge in [0.2, 0.25) is 11.2 Å². The summed E-state index contributed by atoms with van der Waals surface area (Å²) in [5.74, 6) is -0.119. The van der Waals surface area contributed by atoms with Gasteiger partial charge < -0.3 is 9.88 Å². The molecule has 1 aromatic heterocycles. The SMILES string of the molecule is CCCCc1ccc(NC(=O)Cn2ccnc2Cl)cc1. The number of amides is 1. The Balaban J connectivity index is 1.89. The fraction of sp³-hybridized carbons (Fsp3) is 0.333. The molecule has 0 aliphatic rings. The topological polar surface area (TPSA) is 46.9 Å². The van der Waals surface area contributed by atoms with Crippen molar-refractivity contribution < 1.29 is 4.79 Å². The molecule has 1 aromatic carbocycles. The molecule has 1 amide bonds. The smallest absolute Gasteiger partial charge is 0.244 e. The number of nitrogens with one attached hydrogen (secondary N) is 1. The van der Waals surface area contributed by atoms with E-state index >= 15 is 0 Å². The Morgan fingerprint density at radius 2 is 2.10 bits per heavy atom. The molecule has 0 fully saturated rings. The quantitative estimate of drug-likeness (QED) is 0.885. The molecule has 0 spiro atoms. The Kier molecular flexibility index (Phi) is 5.18. The van der Waals surface area contributed by atoms with Gasteiger partial charge >= 0.3 is 0 Å². The van der Waals surface area contributed by atoms with E-state index in [9.17, 15) is 4.79 Å². The molecule has 2 rings (SSSR count). The van der Waals surface area contributed by atoms with E-state index in [1.54, 1.807) is 17.0 Å². The number of carbonyl (C=O) groups excluding carboxylic acids is 1. The van der Waals surface area contributed by atoms with Crippen molar-refractivity contribution in [2.24, 2.45) is 0 Å². The van der Waals surface area contributed by atoms with E-state index < -0.39 is 0 Å². The molecule has 0 radical (unpaired) electrons. The van der Waals surface area contributed by atoms with Gasteiger partial charge in [0.25, 0.3) is 0 Å². The third-order valence-electron chi connectivity index (χ3n) is 3.04. The van der Waals surface area contributed by atoms with E-state index in [2.05, 4.69) is 29.4 Å². The van der Waals surface area contributed by atoms with E-state index in [1.807, 2.05) is 12.1 Å². The Morgan fingerprint density at radius 3 is 2.70 bits per heavy atom. The summed E-state index contributed by atoms with van der Waals surface area (Å²) in [6, 6.07) is 7.96. The van der Waals surface area contributed by atoms with Crippen molar-refractivity contribution in [2.75, 3.05) is 5.32 Å². The van der Waals surface area contributed by atoms with Gasteiger partial charge in [-0.05, 0) is 42.1 Å². The lowest BCUT2D eigenvalue weighted by atomic mass is 10.1. The zero-order chi connectivity index (χ0) is 14.4. The lowest BCUT2D eigenvalue weighted by molar-refractivity contribution is -0.116. The van der Waals surface area contributed by atoms with Crippen molar-refractivity contribution in [3.05, 3.63) is 47.5 Å². The van der Waals surface area contributed by atoms with Crippen molar-refractivity contribution >= 4 is 23.2 Å². The predicted molar refractivity (Wildman–Crippen MR) is 80.9 cm³/mol. The third-order valence-corrected chi connectivity index (χ3v) is 3.35. The van der Waals surface area contributed by atoms with Gasteiger partial charge in [0, 0.05) is 18.1 Å². The Hall–Kier alpha value is -1.81. The van der Waals surface area contributed by atoms with E-state index in [0.29, 0.717) is 5.28 Å². The van der Waals surface area contributed by atoms with Crippen molar-refractivity contribution in [1.82, 2.24) is 9.55 Å². The minimum atomic E-state index is -0.119. The summed E-state index contributed by atoms with van der Waals surface area (Å²) >= 11 is 5.83. The highest BCUT2D eigenvalue weighted by atomic mass is 35.5. The second-order valence-electron chi connectivity index (χ2n) is 4.67. The highest BCUT2D eigenvalue weighted by molar-refractivity contribution is 6.28. The average molecular weight is 292 g/mol. The largest absolute Gasteiger partial charge is 0.325 e. The van der Waals surface area contributed by atoms with Crippen LogP contribution in [0.15, 0.2) is 36.7 Å². The van der Waals surface area contributed by atoms with E-state index in [-0.39, 0.29) is 12.5 Å². The molecule has 0 saturated carbocycles. The Morgan fingerprint density at radius 1 is 1.35 bits per heavy atom. The molecular weight excluding hydrogens is 274 g/mol. The first-order valence-electron chi connectivity index (χ1n) is 6.74. The predicted octanol–water partition coefficient (Wildman–Crippen LogP) is 3.52. The highest BCUT2D eigenvalue weighted by Gasteiger charge is 2.06. The van der Waals surface area contributed by atoms with Crippen LogP contribution in [0.1, 0.15) is 25.3 Å². The molecule has 4 nitrogen and oxygen atoms in total. The van der Waals surface area contributed by atoms with Crippen LogP contribution in [0.25, 0.3) is 0 Å². The molecule has 0 aliphatic carbocycles. The molecule has 106 valence electrons. The van der Waals surface area contributed by atoms with Crippen LogP contribution in [0, 0.1) is 0 Å². The van der Waals surface area contributed by atoms with Crippen molar-refractivity contribution in [3.63, 3.8) is 0 Å². The highest BCUT2D eigenvalue weighted by Crippen LogP contribution is 2.12. The maximum atomic E-state index is 11.9. The van der Waals surface area contributed by atoms with Crippen LogP contribution in [0.4, 0.5) is 5.69 Å². The number of aromatic nitrogens is 2. The van der Waals surface area contributed by atoms with E-state index in [4.69, 9.17) is 11.6 Å². The van der Waals surface area contributed by atoms with Gasteiger partial charge in [-0.25, -0.2) is 4.98 Å². The second-order valence-corrected chi connectivity index (χ2v) is 5.01. The van der Waals surface area contributed by atoms with E-state index in [0.717, 1.165) is 12.1 Å². The van der Waals surface area contributed by atoms with Gasteiger partial charge in [-0.1, -0.05) is 25.5 Å². The molecule has 0 unspecified atom stereocenters. The van der Waals surface area contributed by atoms with Crippen LogP contribution in [0.5, 0.6) is 0 Å². The zero-order valence-electron chi connectivity index (χ0n) is 11.5. The number of nitrogens with zero attached hydrogens (tertiary/aromatic N) is 2. The number of aryl methyl sites for hydroxylation is 1. The second kappa shape index (κ2) is 7.10. The molecule has 0 aliphatic heterocycles. The van der Waals surface area contributed by atoms with Gasteiger partial charge in [0.1, 0.15) is 6.54 Å². The number of carbonyl (C=O) groups is 1. The van der Waals surface area contributed by atoms with Crippen molar-refractivity contribution in [3.8, 4) is 0 Å². The van der Waals surface area contributed by atoms with Crippen LogP contribution in [0.2, 0.25) is 5.28 Å². The van der Waals surface area contributed by atoms with E-state index in [1.165, 1.54) is 18.4 Å². The number of hydrogen-bond acceptors (Lipinski definition) is 2. The lowest BCUT2D eigenvalue weighted by Gasteiger charge is -2.07. The van der Waals surface area contributed by atoms with Crippen LogP contribution >= 0.6 is 11.6 Å². The summed E-state index contributed by atoms with van der Waals surface area (Å²) in [6.45, 7) is 2.34. The summed E-state index contributed by atoms with van der Waals surface area (Å²) in [6.07, 6.45) is 6.69. The number of imidazole rings is 1. The molecule has 20 heavy (non-hydrogen) atoms. The first-order valence-corrected chi connectivity index (χ1v) is 7.12. The maximum absolute atomic E-state index is 11.9. The van der Waals surface area contributed by atoms with Gasteiger partial charge in [-0.2, -0.15) is 0 Å². The number of rotatable bonds is 6. The van der Waals surface area contributed by atoms with Gasteiger partial charge in [-0.15, -0.1) is 0 Å². The molecule has 2 aromatic rings. The third kappa shape index (κ3) is 4.10. The van der Waals surface area contributed by atoms with Gasteiger partial charge in [0.05, 0.1) is 0 Å². The summed E-state index contributed by atoms with van der Waals surface area (Å²) < 4.78 is 1.59. The normalized spacial score (nSPS) is 10.5. The average Bonchev–Trinajstić information content (AvgIpc) is 2.83. The first-order chi connectivity index (χ1) is 9.69. The molecule has 0 atom stereocenters.